The maximum absolute atomic E-state index is 12.2. The molecule has 0 saturated carbocycles. The molecule has 1 aliphatic rings. The van der Waals surface area contributed by atoms with Gasteiger partial charge in [-0.3, -0.25) is 4.79 Å². The van der Waals surface area contributed by atoms with Crippen LogP contribution in [0.25, 0.3) is 0 Å². The first-order chi connectivity index (χ1) is 10.6. The lowest BCUT2D eigenvalue weighted by atomic mass is 10.0. The minimum Gasteiger partial charge on any atom is -0.497 e. The van der Waals surface area contributed by atoms with E-state index in [1.54, 1.807) is 12.0 Å². The molecular weight excluding hydrogens is 282 g/mol. The van der Waals surface area contributed by atoms with E-state index >= 15 is 0 Å². The van der Waals surface area contributed by atoms with E-state index in [1.807, 2.05) is 24.3 Å². The summed E-state index contributed by atoms with van der Waals surface area (Å²) in [7, 11) is 1.63. The SMILES string of the molecule is COc1ccc(CCCC(=O)N2CCCCC2C(=O)O)cc1. The molecule has 120 valence electrons. The zero-order chi connectivity index (χ0) is 15.9. The zero-order valence-corrected chi connectivity index (χ0v) is 13.0. The molecule has 0 spiro atoms. The lowest BCUT2D eigenvalue weighted by Crippen LogP contribution is -2.47. The lowest BCUT2D eigenvalue weighted by molar-refractivity contribution is -0.152. The Balaban J connectivity index is 1.82. The number of nitrogens with zero attached hydrogens (tertiary/aromatic N) is 1. The largest absolute Gasteiger partial charge is 0.497 e. The minimum absolute atomic E-state index is 0.0411. The van der Waals surface area contributed by atoms with Crippen LogP contribution in [-0.2, 0) is 16.0 Å². The molecule has 1 atom stereocenters. The molecule has 0 bridgehead atoms. The van der Waals surface area contributed by atoms with Gasteiger partial charge in [-0.15, -0.1) is 0 Å². The maximum atomic E-state index is 12.2. The van der Waals surface area contributed by atoms with Gasteiger partial charge in [0.05, 0.1) is 7.11 Å². The van der Waals surface area contributed by atoms with Crippen LogP contribution in [0.4, 0.5) is 0 Å². The number of benzene rings is 1. The van der Waals surface area contributed by atoms with Crippen LogP contribution >= 0.6 is 0 Å². The predicted octanol–water partition coefficient (Wildman–Crippen LogP) is 2.48. The molecule has 1 saturated heterocycles. The number of methoxy groups -OCH3 is 1. The van der Waals surface area contributed by atoms with Crippen molar-refractivity contribution in [2.75, 3.05) is 13.7 Å². The number of likely N-dealkylation sites (tertiary alicyclic amines) is 1. The van der Waals surface area contributed by atoms with Crippen molar-refractivity contribution in [3.8, 4) is 5.75 Å². The Kier molecular flexibility index (Phi) is 5.81. The van der Waals surface area contributed by atoms with Gasteiger partial charge >= 0.3 is 5.97 Å². The predicted molar refractivity (Wildman–Crippen MR) is 82.9 cm³/mol. The summed E-state index contributed by atoms with van der Waals surface area (Å²) < 4.78 is 5.11. The van der Waals surface area contributed by atoms with Crippen LogP contribution in [-0.4, -0.2) is 41.6 Å². The first kappa shape index (κ1) is 16.3. The van der Waals surface area contributed by atoms with Gasteiger partial charge in [0.1, 0.15) is 11.8 Å². The fourth-order valence-corrected chi connectivity index (χ4v) is 2.87. The standard InChI is InChI=1S/C17H23NO4/c1-22-14-10-8-13(9-11-14)5-4-7-16(19)18-12-3-2-6-15(18)17(20)21/h8-11,15H,2-7,12H2,1H3,(H,20,21). The first-order valence-corrected chi connectivity index (χ1v) is 7.77. The van der Waals surface area contributed by atoms with Gasteiger partial charge in [0.15, 0.2) is 0 Å². The Morgan fingerprint density at radius 1 is 1.27 bits per heavy atom. The average Bonchev–Trinajstić information content (AvgIpc) is 2.55. The van der Waals surface area contributed by atoms with E-state index < -0.39 is 12.0 Å². The second kappa shape index (κ2) is 7.82. The highest BCUT2D eigenvalue weighted by Crippen LogP contribution is 2.19. The molecule has 1 fully saturated rings. The number of amides is 1. The summed E-state index contributed by atoms with van der Waals surface area (Å²) in [5, 5.41) is 9.20. The summed E-state index contributed by atoms with van der Waals surface area (Å²) in [5.41, 5.74) is 1.15. The van der Waals surface area contributed by atoms with Crippen LogP contribution < -0.4 is 4.74 Å². The van der Waals surface area contributed by atoms with Crippen molar-refractivity contribution in [2.24, 2.45) is 0 Å². The summed E-state index contributed by atoms with van der Waals surface area (Å²) in [6, 6.07) is 7.15. The van der Waals surface area contributed by atoms with Crippen molar-refractivity contribution in [1.82, 2.24) is 4.90 Å². The van der Waals surface area contributed by atoms with E-state index in [4.69, 9.17) is 4.74 Å². The molecule has 0 aliphatic carbocycles. The number of piperidine rings is 1. The molecule has 0 aromatic heterocycles. The molecule has 5 heteroatoms. The molecule has 1 aromatic rings. The van der Waals surface area contributed by atoms with Gasteiger partial charge in [-0.05, 0) is 49.8 Å². The third kappa shape index (κ3) is 4.23. The van der Waals surface area contributed by atoms with Crippen LogP contribution in [0.2, 0.25) is 0 Å². The van der Waals surface area contributed by atoms with Gasteiger partial charge in [-0.1, -0.05) is 12.1 Å². The second-order valence-corrected chi connectivity index (χ2v) is 5.64. The molecule has 1 N–H and O–H groups in total. The first-order valence-electron chi connectivity index (χ1n) is 7.77. The van der Waals surface area contributed by atoms with E-state index in [0.29, 0.717) is 19.4 Å². The van der Waals surface area contributed by atoms with E-state index in [-0.39, 0.29) is 5.91 Å². The van der Waals surface area contributed by atoms with Crippen molar-refractivity contribution in [3.05, 3.63) is 29.8 Å². The van der Waals surface area contributed by atoms with E-state index in [2.05, 4.69) is 0 Å². The maximum Gasteiger partial charge on any atom is 0.326 e. The Labute approximate surface area is 130 Å². The fraction of sp³-hybridized carbons (Fsp3) is 0.529. The molecule has 5 nitrogen and oxygen atoms in total. The van der Waals surface area contributed by atoms with Gasteiger partial charge in [0, 0.05) is 13.0 Å². The Morgan fingerprint density at radius 2 is 2.00 bits per heavy atom. The van der Waals surface area contributed by atoms with Crippen molar-refractivity contribution >= 4 is 11.9 Å². The van der Waals surface area contributed by atoms with Crippen molar-refractivity contribution in [3.63, 3.8) is 0 Å². The van der Waals surface area contributed by atoms with Crippen LogP contribution in [0.3, 0.4) is 0 Å². The highest BCUT2D eigenvalue weighted by molar-refractivity contribution is 5.83. The van der Waals surface area contributed by atoms with Crippen molar-refractivity contribution in [2.45, 2.75) is 44.6 Å². The smallest absolute Gasteiger partial charge is 0.326 e. The summed E-state index contributed by atoms with van der Waals surface area (Å²) in [6.07, 6.45) is 4.28. The monoisotopic (exact) mass is 305 g/mol. The Morgan fingerprint density at radius 3 is 2.64 bits per heavy atom. The number of aliphatic carboxylic acids is 1. The highest BCUT2D eigenvalue weighted by Gasteiger charge is 2.31. The number of rotatable bonds is 6. The molecule has 1 amide bonds. The van der Waals surface area contributed by atoms with Crippen LogP contribution in [0.15, 0.2) is 24.3 Å². The molecule has 1 unspecified atom stereocenters. The molecular formula is C17H23NO4. The van der Waals surface area contributed by atoms with Crippen LogP contribution in [0.5, 0.6) is 5.75 Å². The molecule has 0 radical (unpaired) electrons. The number of carboxylic acids is 1. The number of carbonyl (C=O) groups excluding carboxylic acids is 1. The summed E-state index contributed by atoms with van der Waals surface area (Å²) in [4.78, 5) is 25.0. The van der Waals surface area contributed by atoms with Crippen molar-refractivity contribution in [1.29, 1.82) is 0 Å². The number of hydrogen-bond donors (Lipinski definition) is 1. The summed E-state index contributed by atoms with van der Waals surface area (Å²) in [6.45, 7) is 0.568. The molecule has 1 aliphatic heterocycles. The second-order valence-electron chi connectivity index (χ2n) is 5.64. The number of carboxylic acid groups (broad SMARTS) is 1. The summed E-state index contributed by atoms with van der Waals surface area (Å²) >= 11 is 0. The Bertz CT molecular complexity index is 512. The number of ether oxygens (including phenoxy) is 1. The third-order valence-electron chi connectivity index (χ3n) is 4.12. The van der Waals surface area contributed by atoms with Gasteiger partial charge in [0.2, 0.25) is 5.91 Å². The van der Waals surface area contributed by atoms with Crippen LogP contribution in [0.1, 0.15) is 37.7 Å². The fourth-order valence-electron chi connectivity index (χ4n) is 2.87. The normalized spacial score (nSPS) is 18.0. The number of hydrogen-bond acceptors (Lipinski definition) is 3. The average molecular weight is 305 g/mol. The van der Waals surface area contributed by atoms with Gasteiger partial charge in [-0.25, -0.2) is 4.79 Å². The van der Waals surface area contributed by atoms with Crippen LogP contribution in [0, 0.1) is 0 Å². The van der Waals surface area contributed by atoms with Gasteiger partial charge < -0.3 is 14.7 Å². The van der Waals surface area contributed by atoms with E-state index in [9.17, 15) is 14.7 Å². The summed E-state index contributed by atoms with van der Waals surface area (Å²) in [5.74, 6) is -0.110. The Hall–Kier alpha value is -2.04. The van der Waals surface area contributed by atoms with E-state index in [1.165, 1.54) is 0 Å². The van der Waals surface area contributed by atoms with Gasteiger partial charge in [-0.2, -0.15) is 0 Å². The quantitative estimate of drug-likeness (QED) is 0.877. The lowest BCUT2D eigenvalue weighted by Gasteiger charge is -2.33. The zero-order valence-electron chi connectivity index (χ0n) is 13.0. The molecule has 2 rings (SSSR count). The molecule has 1 aromatic carbocycles. The molecule has 1 heterocycles. The third-order valence-corrected chi connectivity index (χ3v) is 4.12. The topological polar surface area (TPSA) is 66.8 Å². The number of aryl methyl sites for hydroxylation is 1. The minimum atomic E-state index is -0.886. The van der Waals surface area contributed by atoms with Gasteiger partial charge in [0.25, 0.3) is 0 Å². The highest BCUT2D eigenvalue weighted by atomic mass is 16.5. The van der Waals surface area contributed by atoms with E-state index in [0.717, 1.165) is 37.0 Å². The molecule has 22 heavy (non-hydrogen) atoms. The number of carbonyl (C=O) groups is 2. The van der Waals surface area contributed by atoms with Crippen molar-refractivity contribution < 1.29 is 19.4 Å².